The molecule has 0 bridgehead atoms. The van der Waals surface area contributed by atoms with Gasteiger partial charge in [-0.2, -0.15) is 0 Å². The lowest BCUT2D eigenvalue weighted by atomic mass is 10.2. The van der Waals surface area contributed by atoms with Crippen LogP contribution in [0.2, 0.25) is 0 Å². The highest BCUT2D eigenvalue weighted by atomic mass is 32.2. The van der Waals surface area contributed by atoms with Gasteiger partial charge in [0.15, 0.2) is 15.0 Å². The molecule has 2 heterocycles. The van der Waals surface area contributed by atoms with Crippen molar-refractivity contribution >= 4 is 42.4 Å². The zero-order valence-corrected chi connectivity index (χ0v) is 19.2. The summed E-state index contributed by atoms with van der Waals surface area (Å²) in [4.78, 5) is 21.9. The summed E-state index contributed by atoms with van der Waals surface area (Å²) in [5.74, 6) is 0.757. The first-order valence-corrected chi connectivity index (χ1v) is 12.8. The number of carbonyl (C=O) groups excluding carboxylic acids is 1. The van der Waals surface area contributed by atoms with E-state index >= 15 is 0 Å². The van der Waals surface area contributed by atoms with E-state index < -0.39 is 9.84 Å². The number of ether oxygens (including phenoxy) is 1. The van der Waals surface area contributed by atoms with Gasteiger partial charge < -0.3 is 14.5 Å². The molecule has 1 fully saturated rings. The Morgan fingerprint density at radius 2 is 1.77 bits per heavy atom. The van der Waals surface area contributed by atoms with Crippen LogP contribution in [0.5, 0.6) is 5.75 Å². The fourth-order valence-electron chi connectivity index (χ4n) is 3.57. The van der Waals surface area contributed by atoms with Crippen LogP contribution < -0.4 is 9.64 Å². The molecule has 0 N–H and O–H groups in total. The van der Waals surface area contributed by atoms with Crippen LogP contribution in [0, 0.1) is 0 Å². The number of hydrogen-bond donors (Lipinski definition) is 0. The number of thiazole rings is 1. The Labute approximate surface area is 186 Å². The number of nitrogens with zero attached hydrogens (tertiary/aromatic N) is 3. The van der Waals surface area contributed by atoms with Crippen LogP contribution >= 0.6 is 11.3 Å². The van der Waals surface area contributed by atoms with E-state index in [0.717, 1.165) is 21.1 Å². The standard InChI is InChI=1S/C22H25N3O4S2/c1-3-29-18-6-5-7-19-20(18)23-22(30-19)25-14-12-24(13-15-25)21(26)16-8-10-17(11-9-16)31(27,28)4-2/h5-11H,3-4,12-15H2,1-2H3. The molecule has 1 aromatic heterocycles. The molecule has 9 heteroatoms. The summed E-state index contributed by atoms with van der Waals surface area (Å²) >= 11 is 1.63. The molecule has 1 amide bonds. The third-order valence-electron chi connectivity index (χ3n) is 5.35. The Kier molecular flexibility index (Phi) is 6.15. The fraction of sp³-hybridized carbons (Fsp3) is 0.364. The van der Waals surface area contributed by atoms with Gasteiger partial charge in [0.2, 0.25) is 0 Å². The third kappa shape index (κ3) is 4.38. The van der Waals surface area contributed by atoms with Crippen LogP contribution in [-0.4, -0.2) is 62.7 Å². The molecule has 2 aromatic carbocycles. The topological polar surface area (TPSA) is 79.8 Å². The minimum absolute atomic E-state index is 0.0417. The van der Waals surface area contributed by atoms with Gasteiger partial charge in [-0.1, -0.05) is 24.3 Å². The second-order valence-electron chi connectivity index (χ2n) is 7.24. The van der Waals surface area contributed by atoms with Crippen molar-refractivity contribution in [1.82, 2.24) is 9.88 Å². The first-order valence-electron chi connectivity index (χ1n) is 10.3. The van der Waals surface area contributed by atoms with Gasteiger partial charge in [0, 0.05) is 31.7 Å². The van der Waals surface area contributed by atoms with E-state index in [-0.39, 0.29) is 16.6 Å². The Hall–Kier alpha value is -2.65. The van der Waals surface area contributed by atoms with Crippen molar-refractivity contribution in [1.29, 1.82) is 0 Å². The maximum atomic E-state index is 12.9. The van der Waals surface area contributed by atoms with Crippen LogP contribution in [0.4, 0.5) is 5.13 Å². The average molecular weight is 460 g/mol. The molecule has 3 aromatic rings. The van der Waals surface area contributed by atoms with Gasteiger partial charge in [0.05, 0.1) is 22.0 Å². The van der Waals surface area contributed by atoms with Crippen molar-refractivity contribution in [3.63, 3.8) is 0 Å². The predicted molar refractivity (Wildman–Crippen MR) is 123 cm³/mol. The summed E-state index contributed by atoms with van der Waals surface area (Å²) in [5, 5.41) is 0.934. The van der Waals surface area contributed by atoms with Crippen LogP contribution in [0.15, 0.2) is 47.4 Å². The van der Waals surface area contributed by atoms with Gasteiger partial charge in [-0.15, -0.1) is 0 Å². The molecule has 7 nitrogen and oxygen atoms in total. The molecule has 0 spiro atoms. The van der Waals surface area contributed by atoms with Crippen molar-refractivity contribution in [3.8, 4) is 5.75 Å². The van der Waals surface area contributed by atoms with Gasteiger partial charge in [0.1, 0.15) is 11.3 Å². The predicted octanol–water partition coefficient (Wildman–Crippen LogP) is 3.45. The normalized spacial score (nSPS) is 14.8. The number of carbonyl (C=O) groups is 1. The molecule has 0 saturated carbocycles. The number of aromatic nitrogens is 1. The number of anilines is 1. The zero-order chi connectivity index (χ0) is 22.0. The number of rotatable bonds is 6. The summed E-state index contributed by atoms with van der Waals surface area (Å²) in [6.07, 6.45) is 0. The Morgan fingerprint density at radius 1 is 1.06 bits per heavy atom. The molecule has 0 atom stereocenters. The van der Waals surface area contributed by atoms with E-state index in [2.05, 4.69) is 4.90 Å². The summed E-state index contributed by atoms with van der Waals surface area (Å²) in [5.41, 5.74) is 1.38. The summed E-state index contributed by atoms with van der Waals surface area (Å²) in [6.45, 7) is 6.72. The Balaban J connectivity index is 1.43. The van der Waals surface area contributed by atoms with E-state index in [9.17, 15) is 13.2 Å². The van der Waals surface area contributed by atoms with Crippen molar-refractivity contribution in [3.05, 3.63) is 48.0 Å². The highest BCUT2D eigenvalue weighted by Gasteiger charge is 2.25. The van der Waals surface area contributed by atoms with Crippen LogP contribution in [0.3, 0.4) is 0 Å². The van der Waals surface area contributed by atoms with Gasteiger partial charge in [-0.25, -0.2) is 13.4 Å². The number of piperazine rings is 1. The van der Waals surface area contributed by atoms with Gasteiger partial charge in [-0.3, -0.25) is 4.79 Å². The number of amides is 1. The number of sulfone groups is 1. The lowest BCUT2D eigenvalue weighted by Crippen LogP contribution is -2.48. The molecule has 1 aliphatic rings. The molecular weight excluding hydrogens is 434 g/mol. The second kappa shape index (κ2) is 8.84. The van der Waals surface area contributed by atoms with Gasteiger partial charge in [0.25, 0.3) is 5.91 Å². The number of para-hydroxylation sites is 1. The van der Waals surface area contributed by atoms with Crippen molar-refractivity contribution in [2.24, 2.45) is 0 Å². The van der Waals surface area contributed by atoms with E-state index in [4.69, 9.17) is 9.72 Å². The second-order valence-corrected chi connectivity index (χ2v) is 10.5. The number of hydrogen-bond acceptors (Lipinski definition) is 7. The maximum absolute atomic E-state index is 12.9. The lowest BCUT2D eigenvalue weighted by molar-refractivity contribution is 0.0746. The average Bonchev–Trinajstić information content (AvgIpc) is 3.24. The third-order valence-corrected chi connectivity index (χ3v) is 8.18. The van der Waals surface area contributed by atoms with E-state index in [1.165, 1.54) is 12.1 Å². The molecule has 0 aliphatic carbocycles. The molecular formula is C22H25N3O4S2. The summed E-state index contributed by atoms with van der Waals surface area (Å²) in [7, 11) is -3.27. The lowest BCUT2D eigenvalue weighted by Gasteiger charge is -2.34. The quantitative estimate of drug-likeness (QED) is 0.562. The highest BCUT2D eigenvalue weighted by Crippen LogP contribution is 2.34. The molecule has 0 radical (unpaired) electrons. The van der Waals surface area contributed by atoms with Crippen molar-refractivity contribution in [2.75, 3.05) is 43.4 Å². The molecule has 164 valence electrons. The monoisotopic (exact) mass is 459 g/mol. The first kappa shape index (κ1) is 21.6. The molecule has 4 rings (SSSR count). The number of benzene rings is 2. The largest absolute Gasteiger partial charge is 0.492 e. The SMILES string of the molecule is CCOc1cccc2sc(N3CCN(C(=O)c4ccc(S(=O)(=O)CC)cc4)CC3)nc12. The zero-order valence-electron chi connectivity index (χ0n) is 17.6. The van der Waals surface area contributed by atoms with Crippen molar-refractivity contribution in [2.45, 2.75) is 18.7 Å². The summed E-state index contributed by atoms with van der Waals surface area (Å²) in [6, 6.07) is 12.2. The Morgan fingerprint density at radius 3 is 2.42 bits per heavy atom. The fourth-order valence-corrected chi connectivity index (χ4v) is 5.49. The summed E-state index contributed by atoms with van der Waals surface area (Å²) < 4.78 is 30.7. The van der Waals surface area contributed by atoms with E-state index in [1.54, 1.807) is 35.3 Å². The smallest absolute Gasteiger partial charge is 0.253 e. The minimum atomic E-state index is -3.27. The first-order chi connectivity index (χ1) is 14.9. The van der Waals surface area contributed by atoms with Crippen LogP contribution in [0.25, 0.3) is 10.2 Å². The molecule has 1 aliphatic heterocycles. The van der Waals surface area contributed by atoms with Crippen LogP contribution in [0.1, 0.15) is 24.2 Å². The van der Waals surface area contributed by atoms with Crippen molar-refractivity contribution < 1.29 is 17.9 Å². The van der Waals surface area contributed by atoms with E-state index in [0.29, 0.717) is 38.3 Å². The van der Waals surface area contributed by atoms with Crippen LogP contribution in [-0.2, 0) is 9.84 Å². The maximum Gasteiger partial charge on any atom is 0.253 e. The number of fused-ring (bicyclic) bond motifs is 1. The molecule has 0 unspecified atom stereocenters. The molecule has 31 heavy (non-hydrogen) atoms. The van der Waals surface area contributed by atoms with Gasteiger partial charge >= 0.3 is 0 Å². The van der Waals surface area contributed by atoms with Gasteiger partial charge in [-0.05, 0) is 43.3 Å². The minimum Gasteiger partial charge on any atom is -0.492 e. The van der Waals surface area contributed by atoms with E-state index in [1.807, 2.05) is 25.1 Å². The Bertz CT molecular complexity index is 1180. The molecule has 1 saturated heterocycles. The highest BCUT2D eigenvalue weighted by molar-refractivity contribution is 7.91.